The molecule has 3 aromatic rings. The van der Waals surface area contributed by atoms with E-state index in [1.54, 1.807) is 6.07 Å². The second-order valence-corrected chi connectivity index (χ2v) is 8.47. The average molecular weight is 420 g/mol. The Morgan fingerprint density at radius 3 is 2.80 bits per heavy atom. The molecule has 0 unspecified atom stereocenters. The van der Waals surface area contributed by atoms with Crippen LogP contribution in [0.4, 0.5) is 5.00 Å². The number of nitriles is 1. The molecule has 0 spiro atoms. The number of benzene rings is 1. The number of hydrogen-bond acceptors (Lipinski definition) is 6. The van der Waals surface area contributed by atoms with Gasteiger partial charge in [-0.15, -0.1) is 11.3 Å². The maximum absolute atomic E-state index is 12.4. The van der Waals surface area contributed by atoms with Gasteiger partial charge in [-0.25, -0.2) is 14.4 Å². The fraction of sp³-hybridized carbons (Fsp3) is 0.273. The lowest BCUT2D eigenvalue weighted by Gasteiger charge is -2.12. The molecule has 0 aliphatic heterocycles. The van der Waals surface area contributed by atoms with Crippen molar-refractivity contribution >= 4 is 22.6 Å². The molecule has 152 valence electrons. The van der Waals surface area contributed by atoms with Crippen LogP contribution >= 0.6 is 11.3 Å². The lowest BCUT2D eigenvalue weighted by Crippen LogP contribution is -2.31. The molecule has 2 N–H and O–H groups in total. The Hall–Kier alpha value is -3.44. The highest BCUT2D eigenvalue weighted by Crippen LogP contribution is 2.39. The van der Waals surface area contributed by atoms with Crippen molar-refractivity contribution in [1.82, 2.24) is 9.55 Å². The van der Waals surface area contributed by atoms with Crippen LogP contribution in [0.5, 0.6) is 5.88 Å². The lowest BCUT2D eigenvalue weighted by atomic mass is 9.96. The molecule has 8 heteroatoms. The molecule has 0 atom stereocenters. The zero-order valence-electron chi connectivity index (χ0n) is 16.7. The Bertz CT molecular complexity index is 1340. The van der Waals surface area contributed by atoms with Crippen LogP contribution in [0.2, 0.25) is 0 Å². The van der Waals surface area contributed by atoms with Gasteiger partial charge in [-0.2, -0.15) is 5.26 Å². The average Bonchev–Trinajstić information content (AvgIpc) is 3.07. The van der Waals surface area contributed by atoms with E-state index in [2.05, 4.69) is 16.0 Å². The number of aromatic nitrogens is 2. The van der Waals surface area contributed by atoms with Gasteiger partial charge in [0.25, 0.3) is 5.56 Å². The van der Waals surface area contributed by atoms with Crippen molar-refractivity contribution in [2.24, 2.45) is 4.99 Å². The van der Waals surface area contributed by atoms with E-state index in [-0.39, 0.29) is 5.56 Å². The molecule has 0 bridgehead atoms. The van der Waals surface area contributed by atoms with Crippen LogP contribution in [0.3, 0.4) is 0 Å². The van der Waals surface area contributed by atoms with E-state index in [1.165, 1.54) is 17.6 Å². The summed E-state index contributed by atoms with van der Waals surface area (Å²) in [6.45, 7) is 3.69. The highest BCUT2D eigenvalue weighted by Gasteiger charge is 2.21. The number of aromatic amines is 1. The highest BCUT2D eigenvalue weighted by molar-refractivity contribution is 7.16. The Labute approximate surface area is 176 Å². The third-order valence-corrected chi connectivity index (χ3v) is 6.50. The molecule has 1 aromatic carbocycles. The fourth-order valence-corrected chi connectivity index (χ4v) is 4.90. The summed E-state index contributed by atoms with van der Waals surface area (Å²) in [7, 11) is 0. The van der Waals surface area contributed by atoms with Gasteiger partial charge < -0.3 is 5.11 Å². The predicted molar refractivity (Wildman–Crippen MR) is 117 cm³/mol. The van der Waals surface area contributed by atoms with Gasteiger partial charge in [0.2, 0.25) is 5.88 Å². The van der Waals surface area contributed by atoms with Gasteiger partial charge in [-0.05, 0) is 62.3 Å². The smallest absolute Gasteiger partial charge is 0.335 e. The number of aryl methyl sites for hydroxylation is 3. The number of hydrogen-bond donors (Lipinski definition) is 2. The molecule has 0 radical (unpaired) electrons. The molecular weight excluding hydrogens is 400 g/mol. The van der Waals surface area contributed by atoms with Crippen molar-refractivity contribution in [3.8, 4) is 17.6 Å². The van der Waals surface area contributed by atoms with Crippen molar-refractivity contribution in [3.05, 3.63) is 71.7 Å². The molecule has 0 fully saturated rings. The predicted octanol–water partition coefficient (Wildman–Crippen LogP) is 3.41. The van der Waals surface area contributed by atoms with E-state index in [9.17, 15) is 20.0 Å². The number of aromatic hydroxyl groups is 1. The van der Waals surface area contributed by atoms with E-state index in [0.717, 1.165) is 51.8 Å². The summed E-state index contributed by atoms with van der Waals surface area (Å²) in [5.74, 6) is -0.485. The lowest BCUT2D eigenvalue weighted by molar-refractivity contribution is 0.430. The Morgan fingerprint density at radius 1 is 1.27 bits per heavy atom. The Kier molecular flexibility index (Phi) is 5.14. The first-order valence-electron chi connectivity index (χ1n) is 9.65. The summed E-state index contributed by atoms with van der Waals surface area (Å²) >= 11 is 1.44. The summed E-state index contributed by atoms with van der Waals surface area (Å²) in [5, 5.41) is 20.9. The number of nitrogens with zero attached hydrogens (tertiary/aromatic N) is 3. The van der Waals surface area contributed by atoms with Crippen LogP contribution in [0.25, 0.3) is 5.69 Å². The number of nitrogens with one attached hydrogen (secondary N) is 1. The molecule has 0 saturated carbocycles. The van der Waals surface area contributed by atoms with Crippen LogP contribution < -0.4 is 11.2 Å². The van der Waals surface area contributed by atoms with Gasteiger partial charge in [0.05, 0.1) is 11.3 Å². The minimum absolute atomic E-state index is 0.134. The SMILES string of the molecule is Cc1ccc(C)c(-n2c(O)c(C=Nc3sc4c(c3C#N)CCCC4)c(=O)[nH]c2=O)c1. The molecule has 2 aromatic heterocycles. The van der Waals surface area contributed by atoms with Gasteiger partial charge in [-0.1, -0.05) is 12.1 Å². The molecule has 4 rings (SSSR count). The minimum atomic E-state index is -0.734. The third-order valence-electron chi connectivity index (χ3n) is 5.30. The van der Waals surface area contributed by atoms with E-state index < -0.39 is 17.1 Å². The zero-order valence-corrected chi connectivity index (χ0v) is 17.5. The summed E-state index contributed by atoms with van der Waals surface area (Å²) in [4.78, 5) is 32.6. The minimum Gasteiger partial charge on any atom is -0.493 e. The van der Waals surface area contributed by atoms with Crippen LogP contribution in [0.15, 0.2) is 32.8 Å². The van der Waals surface area contributed by atoms with Crippen molar-refractivity contribution in [1.29, 1.82) is 5.26 Å². The molecule has 0 saturated heterocycles. The van der Waals surface area contributed by atoms with E-state index >= 15 is 0 Å². The molecule has 7 nitrogen and oxygen atoms in total. The van der Waals surface area contributed by atoms with Crippen molar-refractivity contribution < 1.29 is 5.11 Å². The van der Waals surface area contributed by atoms with Crippen LogP contribution in [0.1, 0.15) is 45.5 Å². The summed E-state index contributed by atoms with van der Waals surface area (Å²) in [6, 6.07) is 7.72. The molecule has 30 heavy (non-hydrogen) atoms. The van der Waals surface area contributed by atoms with Crippen molar-refractivity contribution in [3.63, 3.8) is 0 Å². The summed E-state index contributed by atoms with van der Waals surface area (Å²) < 4.78 is 1.07. The quantitative estimate of drug-likeness (QED) is 0.633. The highest BCUT2D eigenvalue weighted by atomic mass is 32.1. The maximum Gasteiger partial charge on any atom is 0.335 e. The van der Waals surface area contributed by atoms with Gasteiger partial charge >= 0.3 is 5.69 Å². The zero-order chi connectivity index (χ0) is 21.4. The van der Waals surface area contributed by atoms with Crippen LogP contribution in [0, 0.1) is 25.2 Å². The second-order valence-electron chi connectivity index (χ2n) is 7.38. The normalized spacial score (nSPS) is 13.4. The number of thiophene rings is 1. The maximum atomic E-state index is 12.4. The third kappa shape index (κ3) is 3.37. The molecular formula is C22H20N4O3S. The summed E-state index contributed by atoms with van der Waals surface area (Å²) in [6.07, 6.45) is 5.14. The van der Waals surface area contributed by atoms with E-state index in [4.69, 9.17) is 0 Å². The first kappa shape index (κ1) is 19.9. The molecule has 1 aliphatic rings. The van der Waals surface area contributed by atoms with Gasteiger partial charge in [0, 0.05) is 11.1 Å². The standard InChI is InChI=1S/C22H20N4O3S/c1-12-7-8-13(2)17(9-12)26-21(28)16(19(27)25-22(26)29)11-24-20-15(10-23)14-5-3-4-6-18(14)30-20/h7-9,11,28H,3-6H2,1-2H3,(H,25,27,29). The second kappa shape index (κ2) is 7.76. The van der Waals surface area contributed by atoms with Crippen LogP contribution in [-0.2, 0) is 12.8 Å². The number of aliphatic imine (C=N–C) groups is 1. The molecule has 1 aliphatic carbocycles. The number of fused-ring (bicyclic) bond motifs is 1. The monoisotopic (exact) mass is 420 g/mol. The summed E-state index contributed by atoms with van der Waals surface area (Å²) in [5.41, 5.74) is 2.13. The first-order valence-corrected chi connectivity index (χ1v) is 10.5. The van der Waals surface area contributed by atoms with E-state index in [0.29, 0.717) is 16.3 Å². The van der Waals surface area contributed by atoms with Gasteiger partial charge in [0.15, 0.2) is 0 Å². The molecule has 2 heterocycles. The topological polar surface area (TPSA) is 111 Å². The number of rotatable bonds is 3. The Balaban J connectivity index is 1.85. The van der Waals surface area contributed by atoms with Crippen molar-refractivity contribution in [2.75, 3.05) is 0 Å². The fourth-order valence-electron chi connectivity index (χ4n) is 3.72. The largest absolute Gasteiger partial charge is 0.493 e. The first-order chi connectivity index (χ1) is 14.4. The van der Waals surface area contributed by atoms with Crippen molar-refractivity contribution in [2.45, 2.75) is 39.5 Å². The van der Waals surface area contributed by atoms with Crippen LogP contribution in [-0.4, -0.2) is 20.9 Å². The molecule has 0 amide bonds. The Morgan fingerprint density at radius 2 is 2.03 bits per heavy atom. The number of H-pyrrole nitrogens is 1. The van der Waals surface area contributed by atoms with Gasteiger partial charge in [-0.3, -0.25) is 9.78 Å². The van der Waals surface area contributed by atoms with E-state index in [1.807, 2.05) is 26.0 Å². The van der Waals surface area contributed by atoms with Gasteiger partial charge in [0.1, 0.15) is 16.6 Å².